The fourth-order valence-corrected chi connectivity index (χ4v) is 1.69. The molecule has 0 fully saturated rings. The highest BCUT2D eigenvalue weighted by Gasteiger charge is 2.02. The summed E-state index contributed by atoms with van der Waals surface area (Å²) in [6.45, 7) is 4.28. The summed E-state index contributed by atoms with van der Waals surface area (Å²) in [5.74, 6) is 0. The number of rotatable bonds is 4. The van der Waals surface area contributed by atoms with Gasteiger partial charge < -0.3 is 9.30 Å². The Morgan fingerprint density at radius 2 is 2.33 bits per heavy atom. The van der Waals surface area contributed by atoms with Gasteiger partial charge in [0.2, 0.25) is 0 Å². The zero-order valence-corrected chi connectivity index (χ0v) is 9.37. The molecule has 80 valence electrons. The van der Waals surface area contributed by atoms with Crippen LogP contribution in [0.3, 0.4) is 0 Å². The second-order valence-corrected chi connectivity index (χ2v) is 3.70. The van der Waals surface area contributed by atoms with E-state index < -0.39 is 0 Å². The van der Waals surface area contributed by atoms with Gasteiger partial charge in [-0.05, 0) is 25.1 Å². The molecular formula is C11H13ClN2O. The molecule has 0 N–H and O–H groups in total. The van der Waals surface area contributed by atoms with Gasteiger partial charge in [-0.25, -0.2) is 4.98 Å². The zero-order chi connectivity index (χ0) is 10.7. The molecule has 0 spiro atoms. The van der Waals surface area contributed by atoms with E-state index in [2.05, 4.69) is 9.55 Å². The highest BCUT2D eigenvalue weighted by Crippen LogP contribution is 2.17. The normalized spacial score (nSPS) is 11.1. The van der Waals surface area contributed by atoms with E-state index in [-0.39, 0.29) is 0 Å². The van der Waals surface area contributed by atoms with Crippen molar-refractivity contribution < 1.29 is 4.74 Å². The summed E-state index contributed by atoms with van der Waals surface area (Å²) in [5.41, 5.74) is 2.03. The Hall–Kier alpha value is -1.06. The van der Waals surface area contributed by atoms with Crippen molar-refractivity contribution in [3.63, 3.8) is 0 Å². The molecule has 4 heteroatoms. The van der Waals surface area contributed by atoms with Gasteiger partial charge in [0.1, 0.15) is 0 Å². The van der Waals surface area contributed by atoms with Crippen molar-refractivity contribution in [2.45, 2.75) is 13.5 Å². The maximum Gasteiger partial charge on any atom is 0.0959 e. The van der Waals surface area contributed by atoms with Crippen LogP contribution >= 0.6 is 11.6 Å². The number of halogens is 1. The van der Waals surface area contributed by atoms with Gasteiger partial charge in [0.05, 0.1) is 24.0 Å². The van der Waals surface area contributed by atoms with E-state index in [1.807, 2.05) is 31.5 Å². The van der Waals surface area contributed by atoms with Gasteiger partial charge in [-0.1, -0.05) is 11.6 Å². The summed E-state index contributed by atoms with van der Waals surface area (Å²) in [6.07, 6.45) is 1.82. The lowest BCUT2D eigenvalue weighted by Gasteiger charge is -2.03. The topological polar surface area (TPSA) is 27.1 Å². The molecule has 1 heterocycles. The minimum absolute atomic E-state index is 0.713. The molecule has 0 saturated heterocycles. The monoisotopic (exact) mass is 224 g/mol. The van der Waals surface area contributed by atoms with Crippen molar-refractivity contribution in [1.29, 1.82) is 0 Å². The van der Waals surface area contributed by atoms with Crippen LogP contribution in [0.1, 0.15) is 6.92 Å². The minimum Gasteiger partial charge on any atom is -0.380 e. The molecule has 1 aromatic heterocycles. The van der Waals surface area contributed by atoms with E-state index in [0.29, 0.717) is 6.61 Å². The molecule has 0 bridgehead atoms. The molecule has 1 aromatic carbocycles. The Labute approximate surface area is 93.6 Å². The van der Waals surface area contributed by atoms with Crippen molar-refractivity contribution in [2.24, 2.45) is 0 Å². The molecule has 0 saturated carbocycles. The molecule has 15 heavy (non-hydrogen) atoms. The molecule has 0 atom stereocenters. The van der Waals surface area contributed by atoms with E-state index in [1.54, 1.807) is 0 Å². The van der Waals surface area contributed by atoms with Crippen LogP contribution in [0, 0.1) is 0 Å². The van der Waals surface area contributed by atoms with Gasteiger partial charge in [-0.2, -0.15) is 0 Å². The van der Waals surface area contributed by atoms with Crippen LogP contribution in [0.25, 0.3) is 11.0 Å². The van der Waals surface area contributed by atoms with E-state index >= 15 is 0 Å². The SMILES string of the molecule is CCOCCn1cnc2cc(Cl)ccc21. The van der Waals surface area contributed by atoms with Gasteiger partial charge in [0, 0.05) is 18.2 Å². The van der Waals surface area contributed by atoms with Crippen LogP contribution in [0.5, 0.6) is 0 Å². The first-order valence-corrected chi connectivity index (χ1v) is 5.37. The Bertz CT molecular complexity index is 453. The van der Waals surface area contributed by atoms with E-state index in [0.717, 1.165) is 29.2 Å². The first-order valence-electron chi connectivity index (χ1n) is 4.99. The molecule has 0 amide bonds. The van der Waals surface area contributed by atoms with Crippen molar-refractivity contribution in [3.8, 4) is 0 Å². The summed E-state index contributed by atoms with van der Waals surface area (Å²) >= 11 is 5.88. The maximum atomic E-state index is 5.88. The molecule has 3 nitrogen and oxygen atoms in total. The van der Waals surface area contributed by atoms with Gasteiger partial charge in [0.25, 0.3) is 0 Å². The zero-order valence-electron chi connectivity index (χ0n) is 8.61. The fourth-order valence-electron chi connectivity index (χ4n) is 1.52. The molecule has 0 radical (unpaired) electrons. The maximum absolute atomic E-state index is 5.88. The van der Waals surface area contributed by atoms with Gasteiger partial charge in [-0.15, -0.1) is 0 Å². The number of hydrogen-bond donors (Lipinski definition) is 0. The first-order chi connectivity index (χ1) is 7.31. The molecule has 2 rings (SSSR count). The second kappa shape index (κ2) is 4.64. The van der Waals surface area contributed by atoms with Crippen LogP contribution in [-0.2, 0) is 11.3 Å². The van der Waals surface area contributed by atoms with Crippen molar-refractivity contribution >= 4 is 22.6 Å². The Morgan fingerprint density at radius 3 is 3.13 bits per heavy atom. The second-order valence-electron chi connectivity index (χ2n) is 3.27. The lowest BCUT2D eigenvalue weighted by Crippen LogP contribution is -2.04. The van der Waals surface area contributed by atoms with Gasteiger partial charge >= 0.3 is 0 Å². The summed E-state index contributed by atoms with van der Waals surface area (Å²) in [7, 11) is 0. The van der Waals surface area contributed by atoms with Gasteiger partial charge in [0.15, 0.2) is 0 Å². The quantitative estimate of drug-likeness (QED) is 0.747. The summed E-state index contributed by atoms with van der Waals surface area (Å²) in [5, 5.41) is 0.720. The Morgan fingerprint density at radius 1 is 1.47 bits per heavy atom. The summed E-state index contributed by atoms with van der Waals surface area (Å²) in [4.78, 5) is 4.28. The van der Waals surface area contributed by atoms with E-state index in [9.17, 15) is 0 Å². The first kappa shape index (κ1) is 10.5. The average molecular weight is 225 g/mol. The number of fused-ring (bicyclic) bond motifs is 1. The number of benzene rings is 1. The molecule has 0 unspecified atom stereocenters. The Balaban J connectivity index is 2.21. The lowest BCUT2D eigenvalue weighted by molar-refractivity contribution is 0.140. The van der Waals surface area contributed by atoms with Crippen molar-refractivity contribution in [1.82, 2.24) is 9.55 Å². The predicted octanol–water partition coefficient (Wildman–Crippen LogP) is 2.73. The summed E-state index contributed by atoms with van der Waals surface area (Å²) in [6, 6.07) is 5.73. The average Bonchev–Trinajstić information content (AvgIpc) is 2.61. The minimum atomic E-state index is 0.713. The molecule has 0 aliphatic heterocycles. The highest BCUT2D eigenvalue weighted by molar-refractivity contribution is 6.31. The number of ether oxygens (including phenoxy) is 1. The third-order valence-corrected chi connectivity index (χ3v) is 2.50. The third-order valence-electron chi connectivity index (χ3n) is 2.26. The molecule has 0 aliphatic rings. The number of nitrogens with zero attached hydrogens (tertiary/aromatic N) is 2. The van der Waals surface area contributed by atoms with Crippen LogP contribution < -0.4 is 0 Å². The third kappa shape index (κ3) is 2.30. The molecule has 2 aromatic rings. The van der Waals surface area contributed by atoms with E-state index in [4.69, 9.17) is 16.3 Å². The van der Waals surface area contributed by atoms with Crippen LogP contribution in [0.2, 0.25) is 5.02 Å². The number of aromatic nitrogens is 2. The van der Waals surface area contributed by atoms with Crippen molar-refractivity contribution in [2.75, 3.05) is 13.2 Å². The highest BCUT2D eigenvalue weighted by atomic mass is 35.5. The smallest absolute Gasteiger partial charge is 0.0959 e. The van der Waals surface area contributed by atoms with E-state index in [1.165, 1.54) is 0 Å². The number of hydrogen-bond acceptors (Lipinski definition) is 2. The fraction of sp³-hybridized carbons (Fsp3) is 0.364. The van der Waals surface area contributed by atoms with Crippen LogP contribution in [0.15, 0.2) is 24.5 Å². The largest absolute Gasteiger partial charge is 0.380 e. The van der Waals surface area contributed by atoms with Crippen LogP contribution in [0.4, 0.5) is 0 Å². The Kier molecular flexibility index (Phi) is 3.23. The van der Waals surface area contributed by atoms with Gasteiger partial charge in [-0.3, -0.25) is 0 Å². The van der Waals surface area contributed by atoms with Crippen molar-refractivity contribution in [3.05, 3.63) is 29.5 Å². The molecule has 0 aliphatic carbocycles. The molecular weight excluding hydrogens is 212 g/mol. The standard InChI is InChI=1S/C11H13ClN2O/c1-2-15-6-5-14-8-13-10-7-9(12)3-4-11(10)14/h3-4,7-8H,2,5-6H2,1H3. The van der Waals surface area contributed by atoms with Crippen LogP contribution in [-0.4, -0.2) is 22.8 Å². The lowest BCUT2D eigenvalue weighted by atomic mass is 10.3. The summed E-state index contributed by atoms with van der Waals surface area (Å²) < 4.78 is 7.38. The predicted molar refractivity (Wildman–Crippen MR) is 61.2 cm³/mol. The number of imidazole rings is 1.